The highest BCUT2D eigenvalue weighted by Gasteiger charge is 2.30. The van der Waals surface area contributed by atoms with Gasteiger partial charge in [-0.05, 0) is 41.8 Å². The van der Waals surface area contributed by atoms with Crippen LogP contribution in [0.5, 0.6) is 0 Å². The number of hydrogen-bond donors (Lipinski definition) is 3. The van der Waals surface area contributed by atoms with E-state index in [0.717, 1.165) is 44.7 Å². The summed E-state index contributed by atoms with van der Waals surface area (Å²) in [7, 11) is 1.62. The zero-order chi connectivity index (χ0) is 22.7. The molecule has 2 aromatic heterocycles. The molecule has 4 N–H and O–H groups in total. The lowest BCUT2D eigenvalue weighted by Gasteiger charge is -2.13. The van der Waals surface area contributed by atoms with Crippen molar-refractivity contribution >= 4 is 27.4 Å². The normalized spacial score (nSPS) is 12.9. The molecular formula is C22H22F3N5OS. The number of thiazole rings is 1. The van der Waals surface area contributed by atoms with Crippen molar-refractivity contribution in [3.05, 3.63) is 65.5 Å². The molecule has 168 valence electrons. The molecule has 0 amide bonds. The number of nitrogens with two attached hydrogens (primary N) is 1. The molecule has 0 bridgehead atoms. The summed E-state index contributed by atoms with van der Waals surface area (Å²) in [6.07, 6.45) is -2.12. The van der Waals surface area contributed by atoms with E-state index >= 15 is 0 Å². The van der Waals surface area contributed by atoms with Gasteiger partial charge in [-0.3, -0.25) is 5.10 Å². The Balaban J connectivity index is 1.43. The molecule has 10 heteroatoms. The molecule has 1 atom stereocenters. The summed E-state index contributed by atoms with van der Waals surface area (Å²) in [6.45, 7) is 0.801. The van der Waals surface area contributed by atoms with Gasteiger partial charge in [0.15, 0.2) is 5.13 Å². The largest absolute Gasteiger partial charge is 0.416 e. The number of ether oxygens (including phenoxy) is 1. The van der Waals surface area contributed by atoms with Crippen LogP contribution >= 0.6 is 11.3 Å². The molecule has 0 spiro atoms. The van der Waals surface area contributed by atoms with Crippen LogP contribution in [0.4, 0.5) is 18.3 Å². The van der Waals surface area contributed by atoms with Crippen LogP contribution in [0.15, 0.2) is 48.7 Å². The van der Waals surface area contributed by atoms with Gasteiger partial charge in [0.25, 0.3) is 0 Å². The van der Waals surface area contributed by atoms with Gasteiger partial charge in [0.05, 0.1) is 34.5 Å². The van der Waals surface area contributed by atoms with E-state index in [9.17, 15) is 13.2 Å². The molecule has 4 rings (SSSR count). The number of alkyl halides is 3. The highest BCUT2D eigenvalue weighted by Crippen LogP contribution is 2.35. The molecule has 0 aliphatic rings. The number of benzene rings is 2. The molecular weight excluding hydrogens is 439 g/mol. The number of hydrogen-bond acceptors (Lipinski definition) is 6. The van der Waals surface area contributed by atoms with Crippen LogP contribution in [0.2, 0.25) is 0 Å². The summed E-state index contributed by atoms with van der Waals surface area (Å²) in [5, 5.41) is 12.0. The predicted molar refractivity (Wildman–Crippen MR) is 120 cm³/mol. The van der Waals surface area contributed by atoms with Gasteiger partial charge in [-0.25, -0.2) is 4.98 Å². The van der Waals surface area contributed by atoms with Crippen molar-refractivity contribution in [2.24, 2.45) is 5.73 Å². The van der Waals surface area contributed by atoms with Gasteiger partial charge < -0.3 is 15.8 Å². The quantitative estimate of drug-likeness (QED) is 0.350. The maximum absolute atomic E-state index is 12.7. The molecule has 2 aromatic carbocycles. The van der Waals surface area contributed by atoms with Crippen LogP contribution in [0.25, 0.3) is 21.3 Å². The second-order valence-corrected chi connectivity index (χ2v) is 8.44. The van der Waals surface area contributed by atoms with E-state index in [-0.39, 0.29) is 6.04 Å². The Bertz CT molecular complexity index is 1190. The second kappa shape index (κ2) is 9.27. The third-order valence-corrected chi connectivity index (χ3v) is 6.08. The Kier molecular flexibility index (Phi) is 6.45. The van der Waals surface area contributed by atoms with Crippen molar-refractivity contribution in [3.63, 3.8) is 0 Å². The Morgan fingerprint density at radius 3 is 2.69 bits per heavy atom. The Hall–Kier alpha value is -2.95. The molecule has 2 heterocycles. The zero-order valence-electron chi connectivity index (χ0n) is 17.2. The van der Waals surface area contributed by atoms with E-state index in [4.69, 9.17) is 10.5 Å². The monoisotopic (exact) mass is 461 g/mol. The third kappa shape index (κ3) is 5.09. The van der Waals surface area contributed by atoms with Gasteiger partial charge in [-0.15, -0.1) is 0 Å². The fraction of sp³-hybridized carbons (Fsp3) is 0.273. The van der Waals surface area contributed by atoms with E-state index < -0.39 is 11.7 Å². The van der Waals surface area contributed by atoms with Gasteiger partial charge >= 0.3 is 6.18 Å². The van der Waals surface area contributed by atoms with Crippen LogP contribution < -0.4 is 11.1 Å². The summed E-state index contributed by atoms with van der Waals surface area (Å²) in [5.41, 5.74) is 9.08. The van der Waals surface area contributed by atoms with Crippen molar-refractivity contribution < 1.29 is 17.9 Å². The van der Waals surface area contributed by atoms with Gasteiger partial charge in [0.2, 0.25) is 0 Å². The third-order valence-electron chi connectivity index (χ3n) is 4.98. The summed E-state index contributed by atoms with van der Waals surface area (Å²) < 4.78 is 43.4. The average molecular weight is 462 g/mol. The number of nitrogens with zero attached hydrogens (tertiary/aromatic N) is 2. The Morgan fingerprint density at radius 1 is 1.19 bits per heavy atom. The van der Waals surface area contributed by atoms with Gasteiger partial charge in [-0.2, -0.15) is 18.3 Å². The Morgan fingerprint density at radius 2 is 1.97 bits per heavy atom. The van der Waals surface area contributed by atoms with Gasteiger partial charge in [0, 0.05) is 25.1 Å². The van der Waals surface area contributed by atoms with Crippen molar-refractivity contribution in [2.45, 2.75) is 25.2 Å². The van der Waals surface area contributed by atoms with Crippen molar-refractivity contribution in [3.8, 4) is 10.4 Å². The summed E-state index contributed by atoms with van der Waals surface area (Å²) >= 11 is 1.50. The van der Waals surface area contributed by atoms with Gasteiger partial charge in [-0.1, -0.05) is 29.5 Å². The number of rotatable bonds is 8. The Labute approximate surface area is 186 Å². The number of halogens is 3. The predicted octanol–water partition coefficient (Wildman–Crippen LogP) is 4.83. The van der Waals surface area contributed by atoms with E-state index in [1.165, 1.54) is 23.5 Å². The lowest BCUT2D eigenvalue weighted by atomic mass is 10.0. The molecule has 32 heavy (non-hydrogen) atoms. The molecule has 0 saturated carbocycles. The van der Waals surface area contributed by atoms with E-state index in [2.05, 4.69) is 20.5 Å². The average Bonchev–Trinajstić information content (AvgIpc) is 3.38. The number of anilines is 1. The fourth-order valence-electron chi connectivity index (χ4n) is 3.39. The lowest BCUT2D eigenvalue weighted by molar-refractivity contribution is -0.137. The van der Waals surface area contributed by atoms with E-state index in [0.29, 0.717) is 24.7 Å². The first-order valence-electron chi connectivity index (χ1n) is 9.91. The second-order valence-electron chi connectivity index (χ2n) is 7.44. The fourth-order valence-corrected chi connectivity index (χ4v) is 4.37. The van der Waals surface area contributed by atoms with Crippen molar-refractivity contribution in [1.29, 1.82) is 0 Å². The highest BCUT2D eigenvalue weighted by atomic mass is 32.1. The first-order chi connectivity index (χ1) is 15.3. The number of methoxy groups -OCH3 is 1. The molecule has 0 aliphatic heterocycles. The van der Waals surface area contributed by atoms with Crippen LogP contribution in [-0.2, 0) is 23.9 Å². The van der Waals surface area contributed by atoms with Crippen LogP contribution in [0, 0.1) is 0 Å². The van der Waals surface area contributed by atoms with Crippen LogP contribution in [-0.4, -0.2) is 34.9 Å². The lowest BCUT2D eigenvalue weighted by Crippen LogP contribution is -2.31. The first-order valence-corrected chi connectivity index (χ1v) is 10.7. The summed E-state index contributed by atoms with van der Waals surface area (Å²) in [4.78, 5) is 5.63. The highest BCUT2D eigenvalue weighted by molar-refractivity contribution is 7.19. The number of fused-ring (bicyclic) bond motifs is 1. The molecule has 0 saturated heterocycles. The van der Waals surface area contributed by atoms with Crippen LogP contribution in [0.3, 0.4) is 0 Å². The van der Waals surface area contributed by atoms with E-state index in [1.807, 2.05) is 18.2 Å². The van der Waals surface area contributed by atoms with E-state index in [1.54, 1.807) is 13.3 Å². The number of aromatic amines is 1. The number of aromatic nitrogens is 3. The van der Waals surface area contributed by atoms with Crippen molar-refractivity contribution in [2.75, 3.05) is 19.0 Å². The topological polar surface area (TPSA) is 88.9 Å². The first kappa shape index (κ1) is 22.3. The molecule has 1 unspecified atom stereocenters. The summed E-state index contributed by atoms with van der Waals surface area (Å²) in [5.74, 6) is 0. The minimum absolute atomic E-state index is 0.285. The molecule has 4 aromatic rings. The molecule has 0 aliphatic carbocycles. The summed E-state index contributed by atoms with van der Waals surface area (Å²) in [6, 6.07) is 10.8. The zero-order valence-corrected chi connectivity index (χ0v) is 18.1. The minimum atomic E-state index is -4.34. The SMILES string of the molecule is COCc1nc(NCC(N)Cc2ccc(C(F)(F)F)cc2)sc1-c1ccc2[nH]ncc2c1. The maximum atomic E-state index is 12.7. The molecule has 0 fully saturated rings. The van der Waals surface area contributed by atoms with Crippen molar-refractivity contribution in [1.82, 2.24) is 15.2 Å². The van der Waals surface area contributed by atoms with Gasteiger partial charge in [0.1, 0.15) is 0 Å². The molecule has 6 nitrogen and oxygen atoms in total. The standard InChI is InChI=1S/C22H22F3N5OS/c1-31-12-19-20(14-4-7-18-15(9-14)10-28-30-18)32-21(29-19)27-11-17(26)8-13-2-5-16(6-3-13)22(23,24)25/h2-7,9-10,17H,8,11-12,26H2,1H3,(H,27,29)(H,28,30). The number of H-pyrrole nitrogens is 1. The maximum Gasteiger partial charge on any atom is 0.416 e. The minimum Gasteiger partial charge on any atom is -0.378 e. The van der Waals surface area contributed by atoms with Crippen LogP contribution in [0.1, 0.15) is 16.8 Å². The molecule has 0 radical (unpaired) electrons. The smallest absolute Gasteiger partial charge is 0.378 e. The number of nitrogens with one attached hydrogen (secondary N) is 2.